The van der Waals surface area contributed by atoms with Crippen molar-refractivity contribution in [3.05, 3.63) is 0 Å². The van der Waals surface area contributed by atoms with Gasteiger partial charge in [0.15, 0.2) is 5.79 Å². The summed E-state index contributed by atoms with van der Waals surface area (Å²) in [6, 6.07) is 0. The highest BCUT2D eigenvalue weighted by Gasteiger charge is 2.29. The molecule has 0 aliphatic rings. The van der Waals surface area contributed by atoms with Gasteiger partial charge < -0.3 is 14.2 Å². The van der Waals surface area contributed by atoms with E-state index in [0.717, 1.165) is 19.3 Å². The van der Waals surface area contributed by atoms with Gasteiger partial charge in [-0.3, -0.25) is 4.79 Å². The summed E-state index contributed by atoms with van der Waals surface area (Å²) in [7, 11) is 0. The second-order valence-corrected chi connectivity index (χ2v) is 4.23. The largest absolute Gasteiger partial charge is 0.466 e. The third kappa shape index (κ3) is 8.16. The van der Waals surface area contributed by atoms with Crippen molar-refractivity contribution < 1.29 is 19.0 Å². The molecule has 0 rings (SSSR count). The highest BCUT2D eigenvalue weighted by atomic mass is 16.7. The van der Waals surface area contributed by atoms with E-state index >= 15 is 0 Å². The van der Waals surface area contributed by atoms with E-state index < -0.39 is 5.79 Å². The predicted octanol–water partition coefficient (Wildman–Crippen LogP) is 2.90. The molecule has 0 atom stereocenters. The van der Waals surface area contributed by atoms with Gasteiger partial charge in [0.1, 0.15) is 0 Å². The second kappa shape index (κ2) is 9.42. The van der Waals surface area contributed by atoms with Crippen LogP contribution < -0.4 is 0 Å². The predicted molar refractivity (Wildman–Crippen MR) is 66.8 cm³/mol. The van der Waals surface area contributed by atoms with Gasteiger partial charge in [-0.2, -0.15) is 0 Å². The monoisotopic (exact) mass is 246 g/mol. The Bertz CT molecular complexity index is 196. The first-order chi connectivity index (χ1) is 8.08. The zero-order chi connectivity index (χ0) is 13.1. The van der Waals surface area contributed by atoms with Crippen LogP contribution in [0.15, 0.2) is 0 Å². The number of hydrogen-bond donors (Lipinski definition) is 0. The maximum atomic E-state index is 11.6. The maximum Gasteiger partial charge on any atom is 0.311 e. The average Bonchev–Trinajstić information content (AvgIpc) is 2.31. The minimum absolute atomic E-state index is 0.146. The molecule has 0 aliphatic carbocycles. The second-order valence-electron chi connectivity index (χ2n) is 4.23. The molecule has 0 radical (unpaired) electrons. The van der Waals surface area contributed by atoms with E-state index in [9.17, 15) is 4.79 Å². The molecule has 0 unspecified atom stereocenters. The van der Waals surface area contributed by atoms with Crippen molar-refractivity contribution in [2.75, 3.05) is 19.8 Å². The van der Waals surface area contributed by atoms with Crippen LogP contribution in [0.5, 0.6) is 0 Å². The van der Waals surface area contributed by atoms with Crippen LogP contribution in [0.3, 0.4) is 0 Å². The van der Waals surface area contributed by atoms with Gasteiger partial charge in [-0.25, -0.2) is 0 Å². The van der Waals surface area contributed by atoms with Gasteiger partial charge >= 0.3 is 5.97 Å². The summed E-state index contributed by atoms with van der Waals surface area (Å²) < 4.78 is 16.3. The van der Waals surface area contributed by atoms with Crippen molar-refractivity contribution in [2.24, 2.45) is 0 Å². The van der Waals surface area contributed by atoms with E-state index in [1.165, 1.54) is 0 Å². The third-order valence-corrected chi connectivity index (χ3v) is 2.16. The highest BCUT2D eigenvalue weighted by Crippen LogP contribution is 2.19. The number of carbonyl (C=O) groups is 1. The van der Waals surface area contributed by atoms with E-state index in [1.54, 1.807) is 6.92 Å². The van der Waals surface area contributed by atoms with Gasteiger partial charge in [0.25, 0.3) is 0 Å². The van der Waals surface area contributed by atoms with Crippen LogP contribution in [0.2, 0.25) is 0 Å². The lowest BCUT2D eigenvalue weighted by Crippen LogP contribution is -2.36. The van der Waals surface area contributed by atoms with Gasteiger partial charge in [0.2, 0.25) is 0 Å². The Hall–Kier alpha value is -0.610. The first-order valence-corrected chi connectivity index (χ1v) is 6.51. The first-order valence-electron chi connectivity index (χ1n) is 6.51. The van der Waals surface area contributed by atoms with Crippen molar-refractivity contribution >= 4 is 5.97 Å². The fraction of sp³-hybridized carbons (Fsp3) is 0.923. The molecule has 0 amide bonds. The number of hydrogen-bond acceptors (Lipinski definition) is 4. The molecular formula is C13H26O4. The Labute approximate surface area is 105 Å². The molecule has 4 nitrogen and oxygen atoms in total. The minimum Gasteiger partial charge on any atom is -0.466 e. The normalized spacial score (nSPS) is 11.5. The molecule has 4 heteroatoms. The van der Waals surface area contributed by atoms with Gasteiger partial charge in [-0.05, 0) is 26.2 Å². The molecule has 0 heterocycles. The molecule has 0 aromatic carbocycles. The molecule has 0 aliphatic heterocycles. The lowest BCUT2D eigenvalue weighted by Gasteiger charge is -2.29. The fourth-order valence-corrected chi connectivity index (χ4v) is 1.31. The molecule has 0 bridgehead atoms. The molecule has 0 N–H and O–H groups in total. The lowest BCUT2D eigenvalue weighted by atomic mass is 10.2. The van der Waals surface area contributed by atoms with E-state index in [1.807, 2.05) is 20.8 Å². The highest BCUT2D eigenvalue weighted by molar-refractivity contribution is 5.70. The number of esters is 1. The van der Waals surface area contributed by atoms with Crippen LogP contribution in [-0.2, 0) is 19.0 Å². The Morgan fingerprint density at radius 1 is 0.941 bits per heavy atom. The minimum atomic E-state index is -0.850. The van der Waals surface area contributed by atoms with Gasteiger partial charge in [-0.1, -0.05) is 20.8 Å². The SMILES string of the molecule is CCCOC(=O)CC(C)(OCCC)OCCC. The lowest BCUT2D eigenvalue weighted by molar-refractivity contribution is -0.232. The van der Waals surface area contributed by atoms with Gasteiger partial charge in [0.05, 0.1) is 13.0 Å². The molecule has 102 valence electrons. The first kappa shape index (κ1) is 16.4. The van der Waals surface area contributed by atoms with E-state index in [2.05, 4.69) is 0 Å². The fourth-order valence-electron chi connectivity index (χ4n) is 1.31. The summed E-state index contributed by atoms with van der Waals surface area (Å²) in [5, 5.41) is 0. The number of rotatable bonds is 10. The van der Waals surface area contributed by atoms with Crippen molar-refractivity contribution in [1.29, 1.82) is 0 Å². The summed E-state index contributed by atoms with van der Waals surface area (Å²) in [6.45, 7) is 9.43. The van der Waals surface area contributed by atoms with Crippen LogP contribution in [0.25, 0.3) is 0 Å². The van der Waals surface area contributed by atoms with Crippen molar-refractivity contribution in [1.82, 2.24) is 0 Å². The average molecular weight is 246 g/mol. The summed E-state index contributed by atoms with van der Waals surface area (Å²) >= 11 is 0. The topological polar surface area (TPSA) is 44.8 Å². The molecule has 0 saturated heterocycles. The Balaban J connectivity index is 4.19. The molecule has 0 aromatic heterocycles. The van der Waals surface area contributed by atoms with Crippen LogP contribution in [0.1, 0.15) is 53.4 Å². The Kier molecular flexibility index (Phi) is 9.09. The summed E-state index contributed by atoms with van der Waals surface area (Å²) in [5.41, 5.74) is 0. The maximum absolute atomic E-state index is 11.6. The standard InChI is InChI=1S/C13H26O4/c1-5-8-15-12(14)11-13(4,16-9-6-2)17-10-7-3/h5-11H2,1-4H3. The van der Waals surface area contributed by atoms with Gasteiger partial charge in [0, 0.05) is 13.2 Å². The van der Waals surface area contributed by atoms with E-state index in [0.29, 0.717) is 19.8 Å². The number of ether oxygens (including phenoxy) is 3. The van der Waals surface area contributed by atoms with Crippen LogP contribution in [0.4, 0.5) is 0 Å². The molecule has 0 saturated carbocycles. The smallest absolute Gasteiger partial charge is 0.311 e. The van der Waals surface area contributed by atoms with Crippen LogP contribution in [0, 0.1) is 0 Å². The van der Waals surface area contributed by atoms with Gasteiger partial charge in [-0.15, -0.1) is 0 Å². The zero-order valence-corrected chi connectivity index (χ0v) is 11.6. The molecular weight excluding hydrogens is 220 g/mol. The molecule has 0 aromatic rings. The zero-order valence-electron chi connectivity index (χ0n) is 11.6. The third-order valence-electron chi connectivity index (χ3n) is 2.16. The Morgan fingerprint density at radius 3 is 1.82 bits per heavy atom. The molecule has 17 heavy (non-hydrogen) atoms. The quantitative estimate of drug-likeness (QED) is 0.439. The van der Waals surface area contributed by atoms with E-state index in [4.69, 9.17) is 14.2 Å². The molecule has 0 spiro atoms. The summed E-state index contributed by atoms with van der Waals surface area (Å²) in [5.74, 6) is -1.11. The summed E-state index contributed by atoms with van der Waals surface area (Å²) in [6.07, 6.45) is 2.77. The van der Waals surface area contributed by atoms with Crippen LogP contribution >= 0.6 is 0 Å². The van der Waals surface area contributed by atoms with Crippen molar-refractivity contribution in [3.63, 3.8) is 0 Å². The van der Waals surface area contributed by atoms with Crippen LogP contribution in [-0.4, -0.2) is 31.6 Å². The van der Waals surface area contributed by atoms with Crippen molar-refractivity contribution in [3.8, 4) is 0 Å². The molecule has 0 fully saturated rings. The number of carbonyl (C=O) groups excluding carboxylic acids is 1. The Morgan fingerprint density at radius 2 is 1.41 bits per heavy atom. The summed E-state index contributed by atoms with van der Waals surface area (Å²) in [4.78, 5) is 11.6. The van der Waals surface area contributed by atoms with E-state index in [-0.39, 0.29) is 12.4 Å². The van der Waals surface area contributed by atoms with Crippen molar-refractivity contribution in [2.45, 2.75) is 59.2 Å².